The SMILES string of the molecule is COC(=O)C1=C(Nc2ccc(OC)cc2O)C(=O)N(CCO)C1. The lowest BCUT2D eigenvalue weighted by molar-refractivity contribution is -0.136. The maximum absolute atomic E-state index is 12.3. The summed E-state index contributed by atoms with van der Waals surface area (Å²) in [5, 5.41) is 21.7. The van der Waals surface area contributed by atoms with Crippen LogP contribution in [0, 0.1) is 0 Å². The van der Waals surface area contributed by atoms with E-state index in [0.717, 1.165) is 0 Å². The molecule has 8 nitrogen and oxygen atoms in total. The van der Waals surface area contributed by atoms with Crippen molar-refractivity contribution in [1.82, 2.24) is 4.90 Å². The number of aliphatic hydroxyl groups excluding tert-OH is 1. The van der Waals surface area contributed by atoms with Gasteiger partial charge in [-0.15, -0.1) is 0 Å². The first-order chi connectivity index (χ1) is 11.0. The van der Waals surface area contributed by atoms with E-state index in [0.29, 0.717) is 5.75 Å². The number of benzene rings is 1. The summed E-state index contributed by atoms with van der Waals surface area (Å²) in [6.45, 7) is -0.0916. The number of aromatic hydroxyl groups is 1. The molecule has 1 heterocycles. The maximum atomic E-state index is 12.3. The highest BCUT2D eigenvalue weighted by atomic mass is 16.5. The predicted molar refractivity (Wildman–Crippen MR) is 81.0 cm³/mol. The number of anilines is 1. The van der Waals surface area contributed by atoms with Gasteiger partial charge >= 0.3 is 5.97 Å². The molecule has 0 saturated carbocycles. The summed E-state index contributed by atoms with van der Waals surface area (Å²) in [4.78, 5) is 25.5. The number of nitrogens with one attached hydrogen (secondary N) is 1. The number of methoxy groups -OCH3 is 2. The predicted octanol–water partition coefficient (Wildman–Crippen LogP) is 0.0743. The van der Waals surface area contributed by atoms with Crippen LogP contribution in [0.4, 0.5) is 5.69 Å². The van der Waals surface area contributed by atoms with E-state index in [1.165, 1.54) is 31.3 Å². The van der Waals surface area contributed by atoms with Crippen LogP contribution in [0.5, 0.6) is 11.5 Å². The van der Waals surface area contributed by atoms with E-state index in [2.05, 4.69) is 10.1 Å². The summed E-state index contributed by atoms with van der Waals surface area (Å²) in [7, 11) is 2.68. The van der Waals surface area contributed by atoms with Gasteiger partial charge in [0.25, 0.3) is 5.91 Å². The molecule has 2 rings (SSSR count). The Morgan fingerprint density at radius 2 is 2.13 bits per heavy atom. The number of esters is 1. The first-order valence-electron chi connectivity index (χ1n) is 6.87. The Morgan fingerprint density at radius 1 is 1.39 bits per heavy atom. The molecule has 0 atom stereocenters. The molecule has 23 heavy (non-hydrogen) atoms. The van der Waals surface area contributed by atoms with Crippen LogP contribution in [-0.2, 0) is 14.3 Å². The topological polar surface area (TPSA) is 108 Å². The van der Waals surface area contributed by atoms with Gasteiger partial charge in [0, 0.05) is 12.6 Å². The van der Waals surface area contributed by atoms with Crippen LogP contribution in [0.25, 0.3) is 0 Å². The van der Waals surface area contributed by atoms with Crippen molar-refractivity contribution in [3.63, 3.8) is 0 Å². The molecule has 0 fully saturated rings. The average Bonchev–Trinajstić information content (AvgIpc) is 2.85. The highest BCUT2D eigenvalue weighted by Gasteiger charge is 2.34. The summed E-state index contributed by atoms with van der Waals surface area (Å²) in [6.07, 6.45) is 0. The molecule has 0 radical (unpaired) electrons. The van der Waals surface area contributed by atoms with E-state index in [-0.39, 0.29) is 42.4 Å². The number of ether oxygens (including phenoxy) is 2. The molecule has 124 valence electrons. The molecule has 0 bridgehead atoms. The number of phenols is 1. The number of rotatable bonds is 6. The molecule has 1 aromatic rings. The van der Waals surface area contributed by atoms with Gasteiger partial charge in [-0.25, -0.2) is 4.79 Å². The molecule has 0 aliphatic carbocycles. The summed E-state index contributed by atoms with van der Waals surface area (Å²) in [6, 6.07) is 4.51. The Hall–Kier alpha value is -2.74. The third kappa shape index (κ3) is 3.37. The van der Waals surface area contributed by atoms with Crippen molar-refractivity contribution < 1.29 is 29.3 Å². The van der Waals surface area contributed by atoms with E-state index >= 15 is 0 Å². The number of carbonyl (C=O) groups excluding carboxylic acids is 2. The minimum Gasteiger partial charge on any atom is -0.506 e. The fourth-order valence-electron chi connectivity index (χ4n) is 2.23. The van der Waals surface area contributed by atoms with Gasteiger partial charge in [0.15, 0.2) is 0 Å². The quantitative estimate of drug-likeness (QED) is 0.502. The Labute approximate surface area is 132 Å². The molecule has 1 amide bonds. The van der Waals surface area contributed by atoms with E-state index in [1.54, 1.807) is 6.07 Å². The van der Waals surface area contributed by atoms with Gasteiger partial charge in [0.2, 0.25) is 0 Å². The number of carbonyl (C=O) groups is 2. The lowest BCUT2D eigenvalue weighted by atomic mass is 10.2. The number of β-amino-alcohol motifs (C(OH)–C–C–N with tert-alkyl or cyclic N) is 1. The van der Waals surface area contributed by atoms with Gasteiger partial charge in [-0.05, 0) is 12.1 Å². The van der Waals surface area contributed by atoms with E-state index < -0.39 is 11.9 Å². The average molecular weight is 322 g/mol. The van der Waals surface area contributed by atoms with E-state index in [1.807, 2.05) is 0 Å². The van der Waals surface area contributed by atoms with Crippen molar-refractivity contribution in [2.45, 2.75) is 0 Å². The number of hydrogen-bond donors (Lipinski definition) is 3. The van der Waals surface area contributed by atoms with Crippen LogP contribution in [0.1, 0.15) is 0 Å². The lowest BCUT2D eigenvalue weighted by Crippen LogP contribution is -2.31. The summed E-state index contributed by atoms with van der Waals surface area (Å²) >= 11 is 0. The number of nitrogens with zero attached hydrogens (tertiary/aromatic N) is 1. The fourth-order valence-corrected chi connectivity index (χ4v) is 2.23. The summed E-state index contributed by atoms with van der Waals surface area (Å²) in [5.74, 6) is -0.770. The largest absolute Gasteiger partial charge is 0.506 e. The van der Waals surface area contributed by atoms with Crippen LogP contribution < -0.4 is 10.1 Å². The molecule has 1 aromatic carbocycles. The van der Waals surface area contributed by atoms with Crippen molar-refractivity contribution in [2.75, 3.05) is 39.2 Å². The molecular formula is C15H18N2O6. The number of amides is 1. The third-order valence-electron chi connectivity index (χ3n) is 3.42. The Bertz CT molecular complexity index is 655. The van der Waals surface area contributed by atoms with Crippen molar-refractivity contribution in [3.8, 4) is 11.5 Å². The normalized spacial score (nSPS) is 14.2. The highest BCUT2D eigenvalue weighted by molar-refractivity contribution is 6.08. The van der Waals surface area contributed by atoms with Gasteiger partial charge in [0.1, 0.15) is 17.2 Å². The van der Waals surface area contributed by atoms with Crippen LogP contribution in [0.15, 0.2) is 29.5 Å². The smallest absolute Gasteiger partial charge is 0.337 e. The number of phenolic OH excluding ortho intramolecular Hbond substituents is 1. The highest BCUT2D eigenvalue weighted by Crippen LogP contribution is 2.31. The lowest BCUT2D eigenvalue weighted by Gasteiger charge is -2.15. The van der Waals surface area contributed by atoms with Gasteiger partial charge in [-0.2, -0.15) is 0 Å². The van der Waals surface area contributed by atoms with Crippen LogP contribution >= 0.6 is 0 Å². The first-order valence-corrected chi connectivity index (χ1v) is 6.87. The first kappa shape index (κ1) is 16.6. The molecule has 1 aliphatic heterocycles. The zero-order chi connectivity index (χ0) is 17.0. The van der Waals surface area contributed by atoms with Crippen LogP contribution in [-0.4, -0.2) is 60.9 Å². The fraction of sp³-hybridized carbons (Fsp3) is 0.333. The van der Waals surface area contributed by atoms with E-state index in [4.69, 9.17) is 9.84 Å². The second-order valence-electron chi connectivity index (χ2n) is 4.80. The maximum Gasteiger partial charge on any atom is 0.337 e. The van der Waals surface area contributed by atoms with Gasteiger partial charge < -0.3 is 29.9 Å². The summed E-state index contributed by atoms with van der Waals surface area (Å²) in [5.41, 5.74) is 0.410. The van der Waals surface area contributed by atoms with Crippen molar-refractivity contribution in [3.05, 3.63) is 29.5 Å². The zero-order valence-electron chi connectivity index (χ0n) is 12.8. The molecule has 0 aromatic heterocycles. The Kier molecular flexibility index (Phi) is 5.07. The third-order valence-corrected chi connectivity index (χ3v) is 3.42. The molecule has 0 unspecified atom stereocenters. The molecule has 0 saturated heterocycles. The molecule has 1 aliphatic rings. The standard InChI is InChI=1S/C15H18N2O6/c1-22-9-3-4-11(12(19)7-9)16-13-10(15(21)23-2)8-17(5-6-18)14(13)20/h3-4,7,16,18-19H,5-6,8H2,1-2H3. The number of aliphatic hydroxyl groups is 1. The molecule has 8 heteroatoms. The monoisotopic (exact) mass is 322 g/mol. The zero-order valence-corrected chi connectivity index (χ0v) is 12.8. The van der Waals surface area contributed by atoms with Gasteiger partial charge in [-0.3, -0.25) is 4.79 Å². The van der Waals surface area contributed by atoms with Gasteiger partial charge in [-0.1, -0.05) is 0 Å². The van der Waals surface area contributed by atoms with Crippen LogP contribution in [0.3, 0.4) is 0 Å². The van der Waals surface area contributed by atoms with Crippen molar-refractivity contribution in [1.29, 1.82) is 0 Å². The Morgan fingerprint density at radius 3 is 2.70 bits per heavy atom. The molecule has 0 spiro atoms. The van der Waals surface area contributed by atoms with E-state index in [9.17, 15) is 14.7 Å². The second kappa shape index (κ2) is 7.01. The second-order valence-corrected chi connectivity index (χ2v) is 4.80. The Balaban J connectivity index is 2.33. The van der Waals surface area contributed by atoms with Crippen LogP contribution in [0.2, 0.25) is 0 Å². The summed E-state index contributed by atoms with van der Waals surface area (Å²) < 4.78 is 9.67. The minimum atomic E-state index is -0.644. The van der Waals surface area contributed by atoms with Crippen molar-refractivity contribution >= 4 is 17.6 Å². The number of hydrogen-bond acceptors (Lipinski definition) is 7. The minimum absolute atomic E-state index is 0.0192. The molecular weight excluding hydrogens is 304 g/mol. The molecule has 3 N–H and O–H groups in total. The van der Waals surface area contributed by atoms with Gasteiger partial charge in [0.05, 0.1) is 38.6 Å². The van der Waals surface area contributed by atoms with Crippen molar-refractivity contribution in [2.24, 2.45) is 0 Å².